The van der Waals surface area contributed by atoms with Crippen LogP contribution in [0.4, 0.5) is 17.6 Å². The molecule has 0 unspecified atom stereocenters. The van der Waals surface area contributed by atoms with Gasteiger partial charge >= 0.3 is 12.1 Å². The van der Waals surface area contributed by atoms with E-state index in [1.165, 1.54) is 19.1 Å². The van der Waals surface area contributed by atoms with Crippen LogP contribution in [0.3, 0.4) is 0 Å². The highest BCUT2D eigenvalue weighted by Gasteiger charge is 2.31. The van der Waals surface area contributed by atoms with Gasteiger partial charge in [0.05, 0.1) is 24.2 Å². The van der Waals surface area contributed by atoms with Crippen molar-refractivity contribution in [3.63, 3.8) is 0 Å². The summed E-state index contributed by atoms with van der Waals surface area (Å²) in [5.74, 6) is -1.24. The molecule has 1 aliphatic rings. The molecule has 0 spiro atoms. The molecular formula is C39H55F4NO4. The predicted octanol–water partition coefficient (Wildman–Crippen LogP) is 10.1. The first kappa shape index (κ1) is 42.6. The number of carboxylic acid groups (broad SMARTS) is 1. The molecule has 1 aromatic carbocycles. The highest BCUT2D eigenvalue weighted by Crippen LogP contribution is 2.41. The van der Waals surface area contributed by atoms with E-state index in [4.69, 9.17) is 9.84 Å². The molecule has 1 aromatic rings. The van der Waals surface area contributed by atoms with E-state index in [-0.39, 0.29) is 12.2 Å². The second kappa shape index (κ2) is 18.9. The number of ether oxygens (including phenoxy) is 1. The van der Waals surface area contributed by atoms with E-state index in [9.17, 15) is 23.1 Å². The normalized spacial score (nSPS) is 14.3. The van der Waals surface area contributed by atoms with E-state index in [0.29, 0.717) is 73.4 Å². The number of halogens is 4. The number of allylic oxidation sites excluding steroid dienone is 7. The van der Waals surface area contributed by atoms with Crippen LogP contribution in [0.1, 0.15) is 97.8 Å². The summed E-state index contributed by atoms with van der Waals surface area (Å²) in [6.45, 7) is 26.0. The summed E-state index contributed by atoms with van der Waals surface area (Å²) in [5, 5.41) is 18.4. The number of hydrogen-bond donors (Lipinski definition) is 2. The van der Waals surface area contributed by atoms with E-state index in [2.05, 4.69) is 18.1 Å². The van der Waals surface area contributed by atoms with Crippen LogP contribution in [0.5, 0.6) is 5.75 Å². The number of hydrogen-bond acceptors (Lipinski definition) is 4. The average molecular weight is 678 g/mol. The molecular weight excluding hydrogens is 622 g/mol. The minimum absolute atomic E-state index is 0.258. The lowest BCUT2D eigenvalue weighted by molar-refractivity contribution is -0.136. The van der Waals surface area contributed by atoms with Crippen LogP contribution in [-0.4, -0.2) is 59.1 Å². The molecule has 1 heterocycles. The molecule has 0 aliphatic carbocycles. The zero-order valence-corrected chi connectivity index (χ0v) is 30.3. The van der Waals surface area contributed by atoms with Crippen molar-refractivity contribution in [2.24, 2.45) is 0 Å². The van der Waals surface area contributed by atoms with Gasteiger partial charge in [0.25, 0.3) is 0 Å². The minimum Gasteiger partial charge on any atom is -0.490 e. The molecule has 0 saturated carbocycles. The lowest BCUT2D eigenvalue weighted by Crippen LogP contribution is -2.28. The van der Waals surface area contributed by atoms with Gasteiger partial charge in [0.1, 0.15) is 0 Å². The predicted molar refractivity (Wildman–Crippen MR) is 189 cm³/mol. The molecule has 0 atom stereocenters. The topological polar surface area (TPSA) is 70.0 Å². The summed E-state index contributed by atoms with van der Waals surface area (Å²) in [5.41, 5.74) is 5.14. The Morgan fingerprint density at radius 1 is 1.15 bits per heavy atom. The van der Waals surface area contributed by atoms with Crippen molar-refractivity contribution in [1.29, 1.82) is 0 Å². The second-order valence-corrected chi connectivity index (χ2v) is 13.3. The van der Waals surface area contributed by atoms with Crippen molar-refractivity contribution in [2.45, 2.75) is 106 Å². The van der Waals surface area contributed by atoms with Crippen molar-refractivity contribution < 1.29 is 37.3 Å². The van der Waals surface area contributed by atoms with Gasteiger partial charge < -0.3 is 14.9 Å². The zero-order chi connectivity index (χ0) is 37.0. The van der Waals surface area contributed by atoms with E-state index >= 15 is 4.39 Å². The van der Waals surface area contributed by atoms with Crippen LogP contribution >= 0.6 is 0 Å². The molecule has 0 bridgehead atoms. The summed E-state index contributed by atoms with van der Waals surface area (Å²) < 4.78 is 60.9. The third-order valence-electron chi connectivity index (χ3n) is 7.77. The molecule has 1 aliphatic heterocycles. The third-order valence-corrected chi connectivity index (χ3v) is 7.77. The first-order chi connectivity index (χ1) is 22.2. The Balaban J connectivity index is 0.00000213. The lowest BCUT2D eigenvalue weighted by atomic mass is 9.82. The van der Waals surface area contributed by atoms with Crippen molar-refractivity contribution in [3.05, 3.63) is 93.4 Å². The smallest absolute Gasteiger partial charge is 0.416 e. The SMILES string of the molecule is C=C/C(=C\C(=C/C)C(F)(F)F)CCCN(CC)CC(=C(C)C)/C(=C(/CC(=O)O)C(=C)C)c1cc(F)c2c(c1C)CCCO2.CC(C)(C)O. The van der Waals surface area contributed by atoms with Crippen LogP contribution in [0.25, 0.3) is 5.57 Å². The van der Waals surface area contributed by atoms with Gasteiger partial charge in [-0.15, -0.1) is 0 Å². The second-order valence-electron chi connectivity index (χ2n) is 13.3. The van der Waals surface area contributed by atoms with Crippen LogP contribution in [0, 0.1) is 12.7 Å². The zero-order valence-electron chi connectivity index (χ0n) is 30.3. The number of benzene rings is 1. The molecule has 0 fully saturated rings. The standard InChI is InChI=1S/C35H45F4NO3.C4H10O/c1-9-25(18-26(10-2)35(37,38)39)14-12-16-40(11-3)21-30(23(6)7)33(28(22(4)5)20-32(41)42)29-19-31(36)34-27(24(29)8)15-13-17-43-34;1-4(2,3)5/h9-10,18-19H,1,4,11-17,20-21H2,2-3,5-8H3,(H,41,42);5H,1-3H3/b25-18+,26-10+,33-28-;. The molecule has 5 nitrogen and oxygen atoms in total. The number of aliphatic carboxylic acids is 1. The van der Waals surface area contributed by atoms with Crippen LogP contribution in [0.2, 0.25) is 0 Å². The molecule has 268 valence electrons. The molecule has 48 heavy (non-hydrogen) atoms. The highest BCUT2D eigenvalue weighted by molar-refractivity contribution is 5.90. The Bertz CT molecular complexity index is 1430. The maximum absolute atomic E-state index is 15.5. The monoisotopic (exact) mass is 677 g/mol. The number of nitrogens with zero attached hydrogens (tertiary/aromatic N) is 1. The maximum atomic E-state index is 15.5. The summed E-state index contributed by atoms with van der Waals surface area (Å²) >= 11 is 0. The molecule has 0 radical (unpaired) electrons. The van der Waals surface area contributed by atoms with Gasteiger partial charge in [0.15, 0.2) is 11.6 Å². The number of alkyl halides is 3. The van der Waals surface area contributed by atoms with Crippen LogP contribution in [-0.2, 0) is 11.2 Å². The molecule has 0 saturated heterocycles. The van der Waals surface area contributed by atoms with Crippen molar-refractivity contribution >= 4 is 11.5 Å². The Kier molecular flexibility index (Phi) is 16.8. The molecule has 2 rings (SSSR count). The van der Waals surface area contributed by atoms with Gasteiger partial charge in [-0.2, -0.15) is 13.2 Å². The quantitative estimate of drug-likeness (QED) is 0.152. The number of carboxylic acids is 1. The number of carbonyl (C=O) groups is 1. The molecule has 0 amide bonds. The Morgan fingerprint density at radius 3 is 2.21 bits per heavy atom. The Hall–Kier alpha value is -3.43. The molecule has 0 aromatic heterocycles. The largest absolute Gasteiger partial charge is 0.490 e. The van der Waals surface area contributed by atoms with Crippen LogP contribution < -0.4 is 4.74 Å². The fourth-order valence-electron chi connectivity index (χ4n) is 5.36. The summed E-state index contributed by atoms with van der Waals surface area (Å²) in [6, 6.07) is 1.44. The maximum Gasteiger partial charge on any atom is 0.416 e. The first-order valence-corrected chi connectivity index (χ1v) is 16.4. The fraction of sp³-hybridized carbons (Fsp3) is 0.513. The van der Waals surface area contributed by atoms with Crippen molar-refractivity contribution in [2.75, 3.05) is 26.2 Å². The Morgan fingerprint density at radius 2 is 1.75 bits per heavy atom. The number of fused-ring (bicyclic) bond motifs is 1. The van der Waals surface area contributed by atoms with Gasteiger partial charge in [0.2, 0.25) is 0 Å². The number of rotatable bonds is 14. The lowest BCUT2D eigenvalue weighted by Gasteiger charge is -2.29. The minimum atomic E-state index is -4.43. The van der Waals surface area contributed by atoms with Gasteiger partial charge in [-0.1, -0.05) is 43.4 Å². The van der Waals surface area contributed by atoms with Crippen molar-refractivity contribution in [3.8, 4) is 5.75 Å². The summed E-state index contributed by atoms with van der Waals surface area (Å²) in [7, 11) is 0. The first-order valence-electron chi connectivity index (χ1n) is 16.4. The van der Waals surface area contributed by atoms with Gasteiger partial charge in [-0.3, -0.25) is 9.69 Å². The van der Waals surface area contributed by atoms with E-state index in [1.807, 2.05) is 27.7 Å². The highest BCUT2D eigenvalue weighted by atomic mass is 19.4. The summed E-state index contributed by atoms with van der Waals surface area (Å²) in [6.07, 6.45) is 1.34. The average Bonchev–Trinajstić information content (AvgIpc) is 2.97. The third kappa shape index (κ3) is 13.6. The van der Waals surface area contributed by atoms with Crippen molar-refractivity contribution in [1.82, 2.24) is 4.90 Å². The fourth-order valence-corrected chi connectivity index (χ4v) is 5.36. The van der Waals surface area contributed by atoms with Gasteiger partial charge in [0, 0.05) is 12.1 Å². The number of likely N-dealkylation sites (N-methyl/N-ethyl adjacent to an activating group) is 1. The van der Waals surface area contributed by atoms with E-state index in [1.54, 1.807) is 27.7 Å². The molecule has 9 heteroatoms. The van der Waals surface area contributed by atoms with E-state index in [0.717, 1.165) is 40.8 Å². The molecule has 2 N–H and O–H groups in total. The Labute approximate surface area is 285 Å². The summed E-state index contributed by atoms with van der Waals surface area (Å²) in [4.78, 5) is 14.2. The van der Waals surface area contributed by atoms with E-state index < -0.39 is 29.1 Å². The number of aliphatic hydroxyl groups is 1. The van der Waals surface area contributed by atoms with Crippen LogP contribution in [0.15, 0.2) is 70.9 Å². The van der Waals surface area contributed by atoms with Gasteiger partial charge in [-0.25, -0.2) is 4.39 Å². The van der Waals surface area contributed by atoms with Gasteiger partial charge in [-0.05, 0) is 140 Å².